The summed E-state index contributed by atoms with van der Waals surface area (Å²) >= 11 is 1.32. The summed E-state index contributed by atoms with van der Waals surface area (Å²) in [6, 6.07) is 9.06. The van der Waals surface area contributed by atoms with Crippen molar-refractivity contribution in [3.8, 4) is 0 Å². The molecule has 2 aromatic rings. The highest BCUT2D eigenvalue weighted by molar-refractivity contribution is 7.03. The highest BCUT2D eigenvalue weighted by Gasteiger charge is 2.14. The SMILES string of the molecule is Nc1ccccc1C(O)c1ccsn1. The maximum absolute atomic E-state index is 9.93. The van der Waals surface area contributed by atoms with E-state index in [2.05, 4.69) is 4.37 Å². The fourth-order valence-electron chi connectivity index (χ4n) is 1.28. The Morgan fingerprint density at radius 2 is 2.07 bits per heavy atom. The maximum atomic E-state index is 9.93. The van der Waals surface area contributed by atoms with E-state index in [9.17, 15) is 5.11 Å². The van der Waals surface area contributed by atoms with E-state index in [4.69, 9.17) is 5.73 Å². The molecule has 1 aromatic heterocycles. The third kappa shape index (κ3) is 1.62. The minimum Gasteiger partial charge on any atom is -0.398 e. The van der Waals surface area contributed by atoms with Crippen LogP contribution >= 0.6 is 11.5 Å². The molecular weight excluding hydrogens is 196 g/mol. The second kappa shape index (κ2) is 3.77. The zero-order valence-corrected chi connectivity index (χ0v) is 8.24. The molecule has 3 nitrogen and oxygen atoms in total. The summed E-state index contributed by atoms with van der Waals surface area (Å²) in [4.78, 5) is 0. The van der Waals surface area contributed by atoms with Crippen LogP contribution in [-0.2, 0) is 0 Å². The third-order valence-corrected chi connectivity index (χ3v) is 2.60. The van der Waals surface area contributed by atoms with Gasteiger partial charge >= 0.3 is 0 Å². The smallest absolute Gasteiger partial charge is 0.124 e. The van der Waals surface area contributed by atoms with E-state index in [1.54, 1.807) is 18.2 Å². The first-order valence-electron chi connectivity index (χ1n) is 4.22. The van der Waals surface area contributed by atoms with Gasteiger partial charge in [0.15, 0.2) is 0 Å². The normalized spacial score (nSPS) is 12.6. The van der Waals surface area contributed by atoms with Crippen molar-refractivity contribution in [1.29, 1.82) is 0 Å². The van der Waals surface area contributed by atoms with Crippen molar-refractivity contribution >= 4 is 17.2 Å². The molecule has 0 radical (unpaired) electrons. The van der Waals surface area contributed by atoms with E-state index >= 15 is 0 Å². The molecule has 0 aliphatic carbocycles. The molecule has 1 aromatic carbocycles. The first-order chi connectivity index (χ1) is 6.79. The van der Waals surface area contributed by atoms with Crippen molar-refractivity contribution in [2.45, 2.75) is 6.10 Å². The molecule has 1 heterocycles. The van der Waals surface area contributed by atoms with Crippen molar-refractivity contribution in [3.63, 3.8) is 0 Å². The number of aliphatic hydroxyl groups excluding tert-OH is 1. The molecule has 2 rings (SSSR count). The molecule has 1 unspecified atom stereocenters. The summed E-state index contributed by atoms with van der Waals surface area (Å²) in [5.41, 5.74) is 7.69. The van der Waals surface area contributed by atoms with Gasteiger partial charge in [-0.1, -0.05) is 18.2 Å². The lowest BCUT2D eigenvalue weighted by atomic mass is 10.1. The van der Waals surface area contributed by atoms with Gasteiger partial charge in [-0.15, -0.1) is 0 Å². The zero-order valence-electron chi connectivity index (χ0n) is 7.42. The van der Waals surface area contributed by atoms with Gasteiger partial charge in [-0.05, 0) is 23.7 Å². The molecule has 0 fully saturated rings. The number of rotatable bonds is 2. The van der Waals surface area contributed by atoms with E-state index < -0.39 is 6.10 Å². The van der Waals surface area contributed by atoms with Gasteiger partial charge < -0.3 is 10.8 Å². The molecule has 0 bridgehead atoms. The largest absolute Gasteiger partial charge is 0.398 e. The Morgan fingerprint density at radius 1 is 1.29 bits per heavy atom. The Balaban J connectivity index is 2.37. The summed E-state index contributed by atoms with van der Waals surface area (Å²) in [6.07, 6.45) is -0.720. The van der Waals surface area contributed by atoms with Crippen molar-refractivity contribution < 1.29 is 5.11 Å². The van der Waals surface area contributed by atoms with Crippen LogP contribution in [0.15, 0.2) is 35.7 Å². The van der Waals surface area contributed by atoms with Gasteiger partial charge in [0.2, 0.25) is 0 Å². The Hall–Kier alpha value is -1.39. The molecule has 0 aliphatic rings. The topological polar surface area (TPSA) is 59.1 Å². The highest BCUT2D eigenvalue weighted by Crippen LogP contribution is 2.25. The number of aliphatic hydroxyl groups is 1. The van der Waals surface area contributed by atoms with Gasteiger partial charge in [-0.25, -0.2) is 0 Å². The second-order valence-corrected chi connectivity index (χ2v) is 3.62. The number of hydrogen-bond acceptors (Lipinski definition) is 4. The fraction of sp³-hybridized carbons (Fsp3) is 0.100. The summed E-state index contributed by atoms with van der Waals surface area (Å²) in [6.45, 7) is 0. The molecule has 1 atom stereocenters. The Kier molecular flexibility index (Phi) is 2.47. The lowest BCUT2D eigenvalue weighted by Crippen LogP contribution is -2.03. The molecule has 0 saturated carbocycles. The molecule has 0 amide bonds. The van der Waals surface area contributed by atoms with Crippen LogP contribution in [0.3, 0.4) is 0 Å². The lowest BCUT2D eigenvalue weighted by Gasteiger charge is -2.10. The monoisotopic (exact) mass is 206 g/mol. The van der Waals surface area contributed by atoms with Crippen LogP contribution in [-0.4, -0.2) is 9.48 Å². The van der Waals surface area contributed by atoms with E-state index in [-0.39, 0.29) is 0 Å². The molecule has 4 heteroatoms. The number of nitrogen functional groups attached to an aromatic ring is 1. The molecule has 14 heavy (non-hydrogen) atoms. The number of anilines is 1. The van der Waals surface area contributed by atoms with Crippen LogP contribution in [0.5, 0.6) is 0 Å². The third-order valence-electron chi connectivity index (χ3n) is 2.03. The molecule has 0 aliphatic heterocycles. The molecule has 0 saturated heterocycles. The van der Waals surface area contributed by atoms with Crippen LogP contribution in [0.4, 0.5) is 5.69 Å². The van der Waals surface area contributed by atoms with E-state index in [1.165, 1.54) is 11.5 Å². The van der Waals surface area contributed by atoms with Crippen LogP contribution in [0.1, 0.15) is 17.4 Å². The zero-order chi connectivity index (χ0) is 9.97. The first-order valence-corrected chi connectivity index (χ1v) is 5.05. The Bertz CT molecular complexity index is 414. The van der Waals surface area contributed by atoms with Gasteiger partial charge in [-0.3, -0.25) is 0 Å². The van der Waals surface area contributed by atoms with Crippen molar-refractivity contribution in [2.24, 2.45) is 0 Å². The van der Waals surface area contributed by atoms with Crippen LogP contribution < -0.4 is 5.73 Å². The van der Waals surface area contributed by atoms with Gasteiger partial charge in [0.25, 0.3) is 0 Å². The molecule has 0 spiro atoms. The second-order valence-electron chi connectivity index (χ2n) is 2.96. The van der Waals surface area contributed by atoms with E-state index in [1.807, 2.05) is 17.5 Å². The van der Waals surface area contributed by atoms with Crippen LogP contribution in [0, 0.1) is 0 Å². The number of benzene rings is 1. The highest BCUT2D eigenvalue weighted by atomic mass is 32.1. The van der Waals surface area contributed by atoms with Crippen molar-refractivity contribution in [1.82, 2.24) is 4.37 Å². The van der Waals surface area contributed by atoms with Gasteiger partial charge in [-0.2, -0.15) is 4.37 Å². The number of nitrogens with two attached hydrogens (primary N) is 1. The Morgan fingerprint density at radius 3 is 2.71 bits per heavy atom. The summed E-state index contributed by atoms with van der Waals surface area (Å²) < 4.78 is 4.07. The van der Waals surface area contributed by atoms with Crippen LogP contribution in [0.2, 0.25) is 0 Å². The maximum Gasteiger partial charge on any atom is 0.124 e. The average Bonchev–Trinajstić information content (AvgIpc) is 2.70. The average molecular weight is 206 g/mol. The number of para-hydroxylation sites is 1. The van der Waals surface area contributed by atoms with E-state index in [0.29, 0.717) is 16.9 Å². The summed E-state index contributed by atoms with van der Waals surface area (Å²) in [7, 11) is 0. The number of nitrogens with zero attached hydrogens (tertiary/aromatic N) is 1. The van der Waals surface area contributed by atoms with Gasteiger partial charge in [0.1, 0.15) is 6.10 Å². The fourth-order valence-corrected chi connectivity index (χ4v) is 1.83. The number of aromatic nitrogens is 1. The predicted molar refractivity (Wildman–Crippen MR) is 57.0 cm³/mol. The molecule has 72 valence electrons. The van der Waals surface area contributed by atoms with Gasteiger partial charge in [0, 0.05) is 16.6 Å². The van der Waals surface area contributed by atoms with E-state index in [0.717, 1.165) is 0 Å². The minimum absolute atomic E-state index is 0.591. The number of hydrogen-bond donors (Lipinski definition) is 2. The lowest BCUT2D eigenvalue weighted by molar-refractivity contribution is 0.217. The predicted octanol–water partition coefficient (Wildman–Crippen LogP) is 1.81. The first kappa shape index (κ1) is 9.18. The molecule has 3 N–H and O–H groups in total. The van der Waals surface area contributed by atoms with Crippen molar-refractivity contribution in [3.05, 3.63) is 47.0 Å². The summed E-state index contributed by atoms with van der Waals surface area (Å²) in [5, 5.41) is 11.8. The van der Waals surface area contributed by atoms with Crippen molar-refractivity contribution in [2.75, 3.05) is 5.73 Å². The van der Waals surface area contributed by atoms with Crippen LogP contribution in [0.25, 0.3) is 0 Å². The minimum atomic E-state index is -0.720. The van der Waals surface area contributed by atoms with Gasteiger partial charge in [0.05, 0.1) is 5.69 Å². The standard InChI is InChI=1S/C10H10N2OS/c11-8-4-2-1-3-7(8)10(13)9-5-6-14-12-9/h1-6,10,13H,11H2. The summed E-state index contributed by atoms with van der Waals surface area (Å²) in [5.74, 6) is 0. The Labute approximate surface area is 86.0 Å². The molecular formula is C10H10N2OS. The quantitative estimate of drug-likeness (QED) is 0.737.